The summed E-state index contributed by atoms with van der Waals surface area (Å²) in [4.78, 5) is 155. The van der Waals surface area contributed by atoms with E-state index >= 15 is 0 Å². The van der Waals surface area contributed by atoms with Gasteiger partial charge in [-0.05, 0) is 122 Å². The Morgan fingerprint density at radius 1 is 0.624 bits per heavy atom. The highest BCUT2D eigenvalue weighted by molar-refractivity contribution is 5.99. The number of rotatable bonds is 30. The fourth-order valence-corrected chi connectivity index (χ4v) is 9.94. The van der Waals surface area contributed by atoms with Gasteiger partial charge in [-0.1, -0.05) is 77.3 Å². The van der Waals surface area contributed by atoms with Gasteiger partial charge in [0.25, 0.3) is 0 Å². The number of nitrogens with two attached hydrogens (primary N) is 5. The Hall–Kier alpha value is -6.29. The number of hydrogen-bond donors (Lipinski definition) is 15. The largest absolute Gasteiger partial charge is 0.393 e. The molecule has 1 heterocycles. The third-order valence-electron chi connectivity index (χ3n) is 15.2. The minimum absolute atomic E-state index is 0.0440. The van der Waals surface area contributed by atoms with Crippen LogP contribution in [0.1, 0.15) is 143 Å². The molecule has 26 nitrogen and oxygen atoms in total. The number of carbonyl (C=O) groups is 11. The van der Waals surface area contributed by atoms with E-state index in [1.54, 1.807) is 30.3 Å². The number of nitrogens with one attached hydrogen (secondary N) is 8. The number of benzene rings is 1. The lowest BCUT2D eigenvalue weighted by atomic mass is 9.88. The SMILES string of the molecule is CC[C@H](C)CCCCC(=O)C[C@H](CCN)C(=O)N[C@H](C(=O)N[C@@H](CCN)C(=O)NC1CCNC(=O)[C@@H]([C@H](C)O)CC(=O)[C@H](CCN)NC(=O)[C@H](CCN)NC(=O)[C@@H](CC(C)C)CC(=O)[C@@H](Cc2ccccc2)NC(=O)[C@@H](CCN)NC1=O)[C@@H](C)O. The molecular weight excluding hydrogens is 1100 g/mol. The molecule has 2 rings (SSSR count). The van der Waals surface area contributed by atoms with Crippen molar-refractivity contribution in [1.29, 1.82) is 0 Å². The van der Waals surface area contributed by atoms with Crippen LogP contribution in [-0.2, 0) is 59.2 Å². The van der Waals surface area contributed by atoms with Crippen LogP contribution in [0, 0.1) is 29.6 Å². The maximum Gasteiger partial charge on any atom is 0.245 e. The van der Waals surface area contributed by atoms with Crippen LogP contribution in [-0.4, -0.2) is 169 Å². The molecule has 1 aliphatic heterocycles. The summed E-state index contributed by atoms with van der Waals surface area (Å²) in [5.41, 5.74) is 30.1. The monoisotopic (exact) mass is 1200 g/mol. The predicted octanol–water partition coefficient (Wildman–Crippen LogP) is -1.97. The molecule has 1 aliphatic rings. The van der Waals surface area contributed by atoms with E-state index in [9.17, 15) is 63.0 Å². The molecule has 0 saturated carbocycles. The first-order valence-electron chi connectivity index (χ1n) is 30.2. The topological polar surface area (TPSA) is 455 Å². The molecule has 26 heteroatoms. The van der Waals surface area contributed by atoms with E-state index in [0.29, 0.717) is 17.9 Å². The smallest absolute Gasteiger partial charge is 0.245 e. The number of amides is 8. The Balaban J connectivity index is 2.67. The van der Waals surface area contributed by atoms with Crippen LogP contribution < -0.4 is 71.2 Å². The maximum absolute atomic E-state index is 14.6. The lowest BCUT2D eigenvalue weighted by Crippen LogP contribution is -2.61. The second kappa shape index (κ2) is 40.2. The molecule has 8 amide bonds. The Bertz CT molecular complexity index is 2310. The maximum atomic E-state index is 14.6. The summed E-state index contributed by atoms with van der Waals surface area (Å²) >= 11 is 0. The van der Waals surface area contributed by atoms with Gasteiger partial charge in [0.1, 0.15) is 36.0 Å². The predicted molar refractivity (Wildman–Crippen MR) is 320 cm³/mol. The van der Waals surface area contributed by atoms with Crippen LogP contribution in [0.3, 0.4) is 0 Å². The molecule has 1 unspecified atom stereocenters. The van der Waals surface area contributed by atoms with Gasteiger partial charge in [-0.25, -0.2) is 0 Å². The molecule has 20 N–H and O–H groups in total. The standard InChI is InChI=1S/C59H101N13O13/c1-7-35(4)13-11-12-16-41(75)31-39(17-23-60)52(78)72-51(37(6)74)59(85)70-46(21-27-64)56(82)69-47-22-28-65-54(80)42(36(5)73)33-50(77)43(18-24-61)66-55(81)44(19-25-62)67-53(79)40(29-34(2)3)32-49(76)48(30-38-14-9-8-10-15-38)71-57(83)45(20-26-63)68-58(47)84/h8-10,14-15,34-37,39-40,42-48,51,73-74H,7,11-13,16-33,60-64H2,1-6H3,(H,65,80)(H,66,81)(H,67,79)(H,68,84)(H,69,82)(H,70,85)(H,71,83)(H,72,78)/t35-,36-,37+,39-,40-,42+,43-,44-,45+,46-,47?,48+,51-/m0/s1. The average Bonchev–Trinajstić information content (AvgIpc) is 3.67. The van der Waals surface area contributed by atoms with Gasteiger partial charge < -0.3 is 81.4 Å². The first kappa shape index (κ1) is 74.8. The van der Waals surface area contributed by atoms with E-state index in [2.05, 4.69) is 56.4 Å². The first-order chi connectivity index (χ1) is 40.3. The van der Waals surface area contributed by atoms with Crippen molar-refractivity contribution in [3.05, 3.63) is 35.9 Å². The number of unbranched alkanes of at least 4 members (excludes halogenated alkanes) is 1. The molecule has 0 aromatic heterocycles. The van der Waals surface area contributed by atoms with Gasteiger partial charge in [0, 0.05) is 44.1 Å². The summed E-state index contributed by atoms with van der Waals surface area (Å²) in [6.45, 7) is 9.50. The third kappa shape index (κ3) is 27.3. The van der Waals surface area contributed by atoms with Crippen molar-refractivity contribution in [3.63, 3.8) is 0 Å². The zero-order valence-corrected chi connectivity index (χ0v) is 50.8. The summed E-state index contributed by atoms with van der Waals surface area (Å²) in [5.74, 6) is -11.4. The number of carbonyl (C=O) groups excluding carboxylic acids is 11. The second-order valence-corrected chi connectivity index (χ2v) is 23.0. The van der Waals surface area contributed by atoms with Crippen molar-refractivity contribution >= 4 is 64.6 Å². The van der Waals surface area contributed by atoms with Gasteiger partial charge in [-0.2, -0.15) is 0 Å². The van der Waals surface area contributed by atoms with Crippen LogP contribution in [0.25, 0.3) is 0 Å². The van der Waals surface area contributed by atoms with Crippen molar-refractivity contribution in [2.45, 2.75) is 199 Å². The normalized spacial score (nSPS) is 23.1. The molecule has 85 heavy (non-hydrogen) atoms. The number of aliphatic hydroxyl groups is 2. The minimum atomic E-state index is -1.65. The summed E-state index contributed by atoms with van der Waals surface area (Å²) in [5, 5.41) is 42.5. The molecule has 1 saturated heterocycles. The zero-order valence-electron chi connectivity index (χ0n) is 50.8. The molecule has 0 aliphatic carbocycles. The summed E-state index contributed by atoms with van der Waals surface area (Å²) in [6, 6.07) is -1.43. The first-order valence-corrected chi connectivity index (χ1v) is 30.2. The number of ketones is 3. The van der Waals surface area contributed by atoms with E-state index in [1.165, 1.54) is 13.8 Å². The van der Waals surface area contributed by atoms with E-state index in [1.807, 2.05) is 13.8 Å². The van der Waals surface area contributed by atoms with E-state index in [-0.39, 0.29) is 102 Å². The number of hydrogen-bond acceptors (Lipinski definition) is 18. The highest BCUT2D eigenvalue weighted by atomic mass is 16.3. The van der Waals surface area contributed by atoms with Crippen molar-refractivity contribution in [2.75, 3.05) is 39.3 Å². The van der Waals surface area contributed by atoms with Crippen molar-refractivity contribution in [3.8, 4) is 0 Å². The van der Waals surface area contributed by atoms with Gasteiger partial charge in [0.15, 0.2) is 11.6 Å². The van der Waals surface area contributed by atoms with E-state index in [0.717, 1.165) is 19.3 Å². The minimum Gasteiger partial charge on any atom is -0.393 e. The van der Waals surface area contributed by atoms with Crippen molar-refractivity contribution in [1.82, 2.24) is 42.5 Å². The van der Waals surface area contributed by atoms with Crippen LogP contribution in [0.15, 0.2) is 30.3 Å². The Labute approximate surface area is 500 Å². The van der Waals surface area contributed by atoms with Gasteiger partial charge in [0.05, 0.1) is 30.2 Å². The van der Waals surface area contributed by atoms with Crippen LogP contribution in [0.5, 0.6) is 0 Å². The van der Waals surface area contributed by atoms with Crippen LogP contribution in [0.2, 0.25) is 0 Å². The fourth-order valence-electron chi connectivity index (χ4n) is 9.94. The second-order valence-electron chi connectivity index (χ2n) is 23.0. The summed E-state index contributed by atoms with van der Waals surface area (Å²) < 4.78 is 0. The zero-order chi connectivity index (χ0) is 63.8. The number of aliphatic hydroxyl groups excluding tert-OH is 2. The Morgan fingerprint density at radius 3 is 1.74 bits per heavy atom. The molecule has 0 bridgehead atoms. The fraction of sp³-hybridized carbons (Fsp3) is 0.712. The molecule has 1 fully saturated rings. The van der Waals surface area contributed by atoms with Crippen LogP contribution in [0.4, 0.5) is 0 Å². The van der Waals surface area contributed by atoms with Crippen molar-refractivity contribution in [2.24, 2.45) is 58.3 Å². The van der Waals surface area contributed by atoms with E-state index < -0.39 is 157 Å². The van der Waals surface area contributed by atoms with Gasteiger partial charge in [-0.15, -0.1) is 0 Å². The quantitative estimate of drug-likeness (QED) is 0.0372. The average molecular weight is 1200 g/mol. The lowest BCUT2D eigenvalue weighted by molar-refractivity contribution is -0.137. The molecule has 1 aromatic rings. The molecule has 13 atom stereocenters. The highest BCUT2D eigenvalue weighted by Gasteiger charge is 2.38. The molecule has 0 spiro atoms. The Kier molecular flexibility index (Phi) is 35.3. The van der Waals surface area contributed by atoms with Gasteiger partial charge in [-0.3, -0.25) is 52.7 Å². The van der Waals surface area contributed by atoms with E-state index in [4.69, 9.17) is 28.7 Å². The van der Waals surface area contributed by atoms with Gasteiger partial charge >= 0.3 is 0 Å². The van der Waals surface area contributed by atoms with Gasteiger partial charge in [0.2, 0.25) is 47.3 Å². The lowest BCUT2D eigenvalue weighted by Gasteiger charge is -2.28. The summed E-state index contributed by atoms with van der Waals surface area (Å²) in [6.07, 6.45) is -1.24. The Morgan fingerprint density at radius 2 is 1.19 bits per heavy atom. The van der Waals surface area contributed by atoms with Crippen molar-refractivity contribution < 1.29 is 63.0 Å². The highest BCUT2D eigenvalue weighted by Crippen LogP contribution is 2.21. The molecular formula is C59H101N13O13. The number of Topliss-reactive ketones (excluding diaryl/α,β-unsaturated/α-hetero) is 3. The van der Waals surface area contributed by atoms with Crippen LogP contribution >= 0.6 is 0 Å². The molecule has 0 radical (unpaired) electrons. The molecule has 1 aromatic carbocycles. The molecule has 480 valence electrons. The summed E-state index contributed by atoms with van der Waals surface area (Å²) in [7, 11) is 0. The third-order valence-corrected chi connectivity index (χ3v) is 15.2.